The molecular weight excluding hydrogens is 262 g/mol. The minimum atomic E-state index is 0.381. The summed E-state index contributed by atoms with van der Waals surface area (Å²) in [7, 11) is 1.89. The van der Waals surface area contributed by atoms with Gasteiger partial charge >= 0.3 is 0 Å². The van der Waals surface area contributed by atoms with Crippen LogP contribution in [0.3, 0.4) is 0 Å². The zero-order valence-corrected chi connectivity index (χ0v) is 11.9. The third kappa shape index (κ3) is 1.82. The maximum atomic E-state index is 5.94. The summed E-state index contributed by atoms with van der Waals surface area (Å²) in [5.41, 5.74) is 8.49. The van der Waals surface area contributed by atoms with E-state index in [2.05, 4.69) is 10.1 Å². The van der Waals surface area contributed by atoms with Crippen LogP contribution in [0.2, 0.25) is 0 Å². The molecule has 0 radical (unpaired) electrons. The van der Waals surface area contributed by atoms with Gasteiger partial charge in [0.1, 0.15) is 11.4 Å². The lowest BCUT2D eigenvalue weighted by molar-refractivity contribution is 0.452. The second-order valence-electron chi connectivity index (χ2n) is 4.35. The highest BCUT2D eigenvalue weighted by Crippen LogP contribution is 2.31. The monoisotopic (exact) mass is 277 g/mol. The van der Waals surface area contributed by atoms with E-state index in [-0.39, 0.29) is 0 Å². The van der Waals surface area contributed by atoms with Gasteiger partial charge in [0.15, 0.2) is 10.7 Å². The number of aryl methyl sites for hydroxylation is 2. The topological polar surface area (TPSA) is 70.4 Å². The average Bonchev–Trinajstić information content (AvgIpc) is 2.99. The fraction of sp³-hybridized carbons (Fsp3) is 0.333. The lowest BCUT2D eigenvalue weighted by Gasteiger charge is -2.05. The van der Waals surface area contributed by atoms with Crippen LogP contribution in [0.25, 0.3) is 4.96 Å². The number of fused-ring (bicyclic) bond motifs is 1. The Bertz CT molecular complexity index is 739. The van der Waals surface area contributed by atoms with Gasteiger partial charge in [-0.2, -0.15) is 10.1 Å². The number of hydrogen-bond donors (Lipinski definition) is 1. The Morgan fingerprint density at radius 3 is 2.84 bits per heavy atom. The van der Waals surface area contributed by atoms with E-state index in [1.165, 1.54) is 0 Å². The maximum Gasteiger partial charge on any atom is 0.243 e. The van der Waals surface area contributed by atoms with E-state index in [1.807, 2.05) is 36.9 Å². The van der Waals surface area contributed by atoms with Crippen LogP contribution in [-0.2, 0) is 13.6 Å². The highest BCUT2D eigenvalue weighted by atomic mass is 32.1. The van der Waals surface area contributed by atoms with Crippen molar-refractivity contribution < 1.29 is 4.74 Å². The molecule has 0 aliphatic rings. The largest absolute Gasteiger partial charge is 0.433 e. The van der Waals surface area contributed by atoms with Crippen molar-refractivity contribution in [1.82, 2.24) is 19.2 Å². The van der Waals surface area contributed by atoms with Gasteiger partial charge in [-0.1, -0.05) is 0 Å². The van der Waals surface area contributed by atoms with Crippen LogP contribution in [0.4, 0.5) is 0 Å². The molecule has 3 rings (SSSR count). The van der Waals surface area contributed by atoms with Crippen molar-refractivity contribution >= 4 is 16.3 Å². The van der Waals surface area contributed by atoms with E-state index in [1.54, 1.807) is 16.0 Å². The van der Waals surface area contributed by atoms with Gasteiger partial charge in [-0.3, -0.25) is 9.08 Å². The van der Waals surface area contributed by atoms with Crippen LogP contribution in [0.15, 0.2) is 11.6 Å². The van der Waals surface area contributed by atoms with Gasteiger partial charge in [0, 0.05) is 25.2 Å². The number of imidazole rings is 1. The second kappa shape index (κ2) is 4.36. The summed E-state index contributed by atoms with van der Waals surface area (Å²) in [6, 6.07) is 0. The molecule has 7 heteroatoms. The first-order valence-electron chi connectivity index (χ1n) is 5.94. The lowest BCUT2D eigenvalue weighted by atomic mass is 10.3. The second-order valence-corrected chi connectivity index (χ2v) is 5.22. The molecule has 0 aliphatic carbocycles. The minimum Gasteiger partial charge on any atom is -0.433 e. The van der Waals surface area contributed by atoms with Crippen LogP contribution in [0.1, 0.15) is 17.1 Å². The maximum absolute atomic E-state index is 5.94. The van der Waals surface area contributed by atoms with Crippen LogP contribution < -0.4 is 10.5 Å². The first-order chi connectivity index (χ1) is 9.11. The Hall–Kier alpha value is -1.86. The number of nitrogens with zero attached hydrogens (tertiary/aromatic N) is 4. The van der Waals surface area contributed by atoms with Crippen LogP contribution in [0.5, 0.6) is 11.6 Å². The normalized spacial score (nSPS) is 11.4. The van der Waals surface area contributed by atoms with Crippen LogP contribution in [-0.4, -0.2) is 19.2 Å². The number of ether oxygens (including phenoxy) is 1. The van der Waals surface area contributed by atoms with E-state index in [9.17, 15) is 0 Å². The van der Waals surface area contributed by atoms with Crippen molar-refractivity contribution in [2.45, 2.75) is 20.4 Å². The molecule has 6 nitrogen and oxygen atoms in total. The van der Waals surface area contributed by atoms with Gasteiger partial charge in [0.2, 0.25) is 5.88 Å². The quantitative estimate of drug-likeness (QED) is 0.795. The Kier molecular flexibility index (Phi) is 2.79. The van der Waals surface area contributed by atoms with Gasteiger partial charge in [0.05, 0.1) is 5.69 Å². The molecule has 0 saturated carbocycles. The molecule has 0 fully saturated rings. The third-order valence-corrected chi connectivity index (χ3v) is 3.92. The summed E-state index contributed by atoms with van der Waals surface area (Å²) in [5.74, 6) is 1.32. The van der Waals surface area contributed by atoms with Crippen molar-refractivity contribution in [3.05, 3.63) is 28.7 Å². The van der Waals surface area contributed by atoms with E-state index >= 15 is 0 Å². The van der Waals surface area contributed by atoms with Gasteiger partial charge in [-0.05, 0) is 13.8 Å². The number of rotatable bonds is 3. The highest BCUT2D eigenvalue weighted by molar-refractivity contribution is 7.15. The molecular formula is C12H15N5OS. The molecule has 0 aromatic carbocycles. The Morgan fingerprint density at radius 2 is 2.21 bits per heavy atom. The molecule has 100 valence electrons. The third-order valence-electron chi connectivity index (χ3n) is 3.16. The molecule has 0 amide bonds. The molecule has 0 bridgehead atoms. The zero-order chi connectivity index (χ0) is 13.6. The molecule has 3 aromatic rings. The van der Waals surface area contributed by atoms with Crippen molar-refractivity contribution in [2.75, 3.05) is 0 Å². The summed E-state index contributed by atoms with van der Waals surface area (Å²) < 4.78 is 9.69. The molecule has 0 atom stereocenters. The van der Waals surface area contributed by atoms with Crippen molar-refractivity contribution in [2.24, 2.45) is 12.8 Å². The predicted molar refractivity (Wildman–Crippen MR) is 73.7 cm³/mol. The summed E-state index contributed by atoms with van der Waals surface area (Å²) in [5, 5.41) is 6.31. The fourth-order valence-corrected chi connectivity index (χ4v) is 2.80. The lowest BCUT2D eigenvalue weighted by Crippen LogP contribution is -2.02. The molecule has 0 unspecified atom stereocenters. The zero-order valence-electron chi connectivity index (χ0n) is 11.0. The Morgan fingerprint density at radius 1 is 1.42 bits per heavy atom. The molecule has 19 heavy (non-hydrogen) atoms. The first-order valence-corrected chi connectivity index (χ1v) is 6.82. The minimum absolute atomic E-state index is 0.381. The summed E-state index contributed by atoms with van der Waals surface area (Å²) in [6.07, 6.45) is 1.95. The summed E-state index contributed by atoms with van der Waals surface area (Å²) in [6.45, 7) is 4.27. The van der Waals surface area contributed by atoms with E-state index in [0.717, 1.165) is 27.8 Å². The standard InChI is InChI=1S/C12H15N5OS/c1-7-10(8(2)16(3)15-7)18-11-9(6-13)17-4-5-19-12(17)14-11/h4-5H,6,13H2,1-3H3. The molecule has 3 heterocycles. The van der Waals surface area contributed by atoms with Gasteiger partial charge in [-0.15, -0.1) is 11.3 Å². The van der Waals surface area contributed by atoms with E-state index in [0.29, 0.717) is 12.4 Å². The van der Waals surface area contributed by atoms with E-state index in [4.69, 9.17) is 10.5 Å². The summed E-state index contributed by atoms with van der Waals surface area (Å²) >= 11 is 1.56. The molecule has 0 spiro atoms. The molecule has 2 N–H and O–H groups in total. The van der Waals surface area contributed by atoms with Crippen LogP contribution in [0, 0.1) is 13.8 Å². The highest BCUT2D eigenvalue weighted by Gasteiger charge is 2.18. The molecule has 0 saturated heterocycles. The SMILES string of the molecule is Cc1nn(C)c(C)c1Oc1nc2sccn2c1CN. The average molecular weight is 277 g/mol. The van der Waals surface area contributed by atoms with Crippen LogP contribution >= 0.6 is 11.3 Å². The van der Waals surface area contributed by atoms with Gasteiger partial charge in [0.25, 0.3) is 0 Å². The molecule has 0 aliphatic heterocycles. The number of hydrogen-bond acceptors (Lipinski definition) is 5. The van der Waals surface area contributed by atoms with Crippen molar-refractivity contribution in [3.63, 3.8) is 0 Å². The van der Waals surface area contributed by atoms with Gasteiger partial charge in [-0.25, -0.2) is 0 Å². The number of nitrogens with two attached hydrogens (primary N) is 1. The Balaban J connectivity index is 2.07. The summed E-state index contributed by atoms with van der Waals surface area (Å²) in [4.78, 5) is 5.36. The number of thiazole rings is 1. The number of aromatic nitrogens is 4. The molecule has 3 aromatic heterocycles. The van der Waals surface area contributed by atoms with E-state index < -0.39 is 0 Å². The first kappa shape index (κ1) is 12.2. The smallest absolute Gasteiger partial charge is 0.243 e. The van der Waals surface area contributed by atoms with Gasteiger partial charge < -0.3 is 10.5 Å². The predicted octanol–water partition coefficient (Wildman–Crippen LogP) is 2.00. The fourth-order valence-electron chi connectivity index (χ4n) is 2.08. The van der Waals surface area contributed by atoms with Crippen molar-refractivity contribution in [1.29, 1.82) is 0 Å². The Labute approximate surface area is 114 Å². The van der Waals surface area contributed by atoms with Crippen molar-refractivity contribution in [3.8, 4) is 11.6 Å².